The summed E-state index contributed by atoms with van der Waals surface area (Å²) in [6.45, 7) is 0. The Morgan fingerprint density at radius 3 is 2.38 bits per heavy atom. The van der Waals surface area contributed by atoms with Crippen LogP contribution in [0.1, 0.15) is 11.1 Å². The van der Waals surface area contributed by atoms with Gasteiger partial charge >= 0.3 is 6.18 Å². The smallest absolute Gasteiger partial charge is 0.321 e. The molecule has 0 atom stereocenters. The van der Waals surface area contributed by atoms with Crippen LogP contribution in [0.5, 0.6) is 0 Å². The zero-order valence-electron chi connectivity index (χ0n) is 12.1. The number of amides is 1. The Balaban J connectivity index is 2.21. The summed E-state index contributed by atoms with van der Waals surface area (Å²) in [7, 11) is 0. The molecule has 24 heavy (non-hydrogen) atoms. The number of nitrogens with zero attached hydrogens (tertiary/aromatic N) is 1. The van der Waals surface area contributed by atoms with Gasteiger partial charge in [-0.3, -0.25) is 4.79 Å². The molecule has 0 fully saturated rings. The molecular formula is C17H10F4N2O. The van der Waals surface area contributed by atoms with Crippen molar-refractivity contribution >= 4 is 17.7 Å². The van der Waals surface area contributed by atoms with Crippen molar-refractivity contribution in [2.45, 2.75) is 6.18 Å². The van der Waals surface area contributed by atoms with Crippen molar-refractivity contribution in [2.24, 2.45) is 0 Å². The molecule has 0 saturated carbocycles. The minimum absolute atomic E-state index is 0.0879. The Kier molecular flexibility index (Phi) is 4.99. The normalized spacial score (nSPS) is 11.7. The average Bonchev–Trinajstić information content (AvgIpc) is 2.53. The Bertz CT molecular complexity index is 818. The van der Waals surface area contributed by atoms with Crippen LogP contribution in [-0.4, -0.2) is 5.91 Å². The molecule has 0 unspecified atom stereocenters. The third kappa shape index (κ3) is 4.43. The third-order valence-electron chi connectivity index (χ3n) is 2.99. The summed E-state index contributed by atoms with van der Waals surface area (Å²) in [5, 5.41) is 11.3. The van der Waals surface area contributed by atoms with Gasteiger partial charge in [0.25, 0.3) is 5.91 Å². The topological polar surface area (TPSA) is 52.9 Å². The van der Waals surface area contributed by atoms with Gasteiger partial charge in [-0.25, -0.2) is 4.39 Å². The van der Waals surface area contributed by atoms with E-state index in [0.717, 1.165) is 30.3 Å². The molecule has 2 aromatic carbocycles. The highest BCUT2D eigenvalue weighted by atomic mass is 19.4. The van der Waals surface area contributed by atoms with Crippen molar-refractivity contribution in [2.75, 3.05) is 5.32 Å². The number of halogens is 4. The van der Waals surface area contributed by atoms with Gasteiger partial charge < -0.3 is 5.32 Å². The Morgan fingerprint density at radius 1 is 1.12 bits per heavy atom. The monoisotopic (exact) mass is 334 g/mol. The van der Waals surface area contributed by atoms with Crippen LogP contribution in [0.4, 0.5) is 23.2 Å². The minimum atomic E-state index is -4.54. The number of nitrogens with one attached hydrogen (secondary N) is 1. The van der Waals surface area contributed by atoms with Crippen LogP contribution in [0.2, 0.25) is 0 Å². The van der Waals surface area contributed by atoms with Crippen LogP contribution in [-0.2, 0) is 11.0 Å². The SMILES string of the molecule is N#C/C(=C\c1ccc(F)cc1)C(=O)Nc1cccc(C(F)(F)F)c1. The fraction of sp³-hybridized carbons (Fsp3) is 0.0588. The lowest BCUT2D eigenvalue weighted by molar-refractivity contribution is -0.137. The molecule has 0 aliphatic heterocycles. The van der Waals surface area contributed by atoms with Crippen molar-refractivity contribution in [3.8, 4) is 6.07 Å². The van der Waals surface area contributed by atoms with E-state index in [9.17, 15) is 22.4 Å². The van der Waals surface area contributed by atoms with Crippen LogP contribution in [0, 0.1) is 17.1 Å². The molecule has 1 N–H and O–H groups in total. The number of nitriles is 1. The number of hydrogen-bond acceptors (Lipinski definition) is 2. The average molecular weight is 334 g/mol. The van der Waals surface area contributed by atoms with Gasteiger partial charge in [0.1, 0.15) is 17.5 Å². The molecule has 0 aliphatic carbocycles. The molecule has 3 nitrogen and oxygen atoms in total. The molecule has 0 saturated heterocycles. The fourth-order valence-corrected chi connectivity index (χ4v) is 1.85. The summed E-state index contributed by atoms with van der Waals surface area (Å²) in [5.74, 6) is -1.33. The van der Waals surface area contributed by atoms with Gasteiger partial charge in [0.05, 0.1) is 5.56 Å². The van der Waals surface area contributed by atoms with Gasteiger partial charge in [-0.05, 0) is 42.0 Å². The number of alkyl halides is 3. The van der Waals surface area contributed by atoms with E-state index in [0.29, 0.717) is 5.56 Å². The van der Waals surface area contributed by atoms with E-state index in [4.69, 9.17) is 5.26 Å². The van der Waals surface area contributed by atoms with Crippen LogP contribution in [0.3, 0.4) is 0 Å². The summed E-state index contributed by atoms with van der Waals surface area (Å²) >= 11 is 0. The van der Waals surface area contributed by atoms with Crippen LogP contribution in [0.15, 0.2) is 54.1 Å². The van der Waals surface area contributed by atoms with E-state index in [-0.39, 0.29) is 11.3 Å². The van der Waals surface area contributed by atoms with E-state index in [1.165, 1.54) is 24.3 Å². The van der Waals surface area contributed by atoms with Crippen molar-refractivity contribution in [1.29, 1.82) is 5.26 Å². The maximum absolute atomic E-state index is 12.8. The van der Waals surface area contributed by atoms with E-state index in [2.05, 4.69) is 5.32 Å². The number of anilines is 1. The number of carbonyl (C=O) groups excluding carboxylic acids is 1. The highest BCUT2D eigenvalue weighted by Gasteiger charge is 2.30. The largest absolute Gasteiger partial charge is 0.416 e. The first-order valence-corrected chi connectivity index (χ1v) is 6.65. The summed E-state index contributed by atoms with van der Waals surface area (Å²) < 4.78 is 50.8. The number of benzene rings is 2. The molecule has 7 heteroatoms. The molecule has 1 amide bonds. The predicted molar refractivity (Wildman–Crippen MR) is 80.1 cm³/mol. The molecule has 2 rings (SSSR count). The zero-order valence-corrected chi connectivity index (χ0v) is 12.1. The van der Waals surface area contributed by atoms with E-state index in [1.807, 2.05) is 0 Å². The van der Waals surface area contributed by atoms with Gasteiger partial charge in [0.15, 0.2) is 0 Å². The molecule has 0 bridgehead atoms. The maximum Gasteiger partial charge on any atom is 0.416 e. The lowest BCUT2D eigenvalue weighted by Crippen LogP contribution is -2.14. The molecular weight excluding hydrogens is 324 g/mol. The molecule has 122 valence electrons. The number of carbonyl (C=O) groups is 1. The minimum Gasteiger partial charge on any atom is -0.321 e. The second kappa shape index (κ2) is 6.96. The summed E-state index contributed by atoms with van der Waals surface area (Å²) in [6, 6.07) is 10.8. The molecule has 0 heterocycles. The predicted octanol–water partition coefficient (Wildman–Crippen LogP) is 4.39. The Labute approximate surface area is 134 Å². The number of rotatable bonds is 3. The van der Waals surface area contributed by atoms with Gasteiger partial charge in [-0.2, -0.15) is 18.4 Å². The van der Waals surface area contributed by atoms with Crippen LogP contribution in [0.25, 0.3) is 6.08 Å². The first-order valence-electron chi connectivity index (χ1n) is 6.65. The molecule has 0 radical (unpaired) electrons. The van der Waals surface area contributed by atoms with E-state index in [1.54, 1.807) is 6.07 Å². The van der Waals surface area contributed by atoms with Gasteiger partial charge in [0.2, 0.25) is 0 Å². The molecule has 0 spiro atoms. The zero-order chi connectivity index (χ0) is 17.7. The van der Waals surface area contributed by atoms with Crippen molar-refractivity contribution in [3.63, 3.8) is 0 Å². The summed E-state index contributed by atoms with van der Waals surface area (Å²) in [5.41, 5.74) is -0.914. The second-order valence-electron chi connectivity index (χ2n) is 4.75. The first kappa shape index (κ1) is 17.2. The lowest BCUT2D eigenvalue weighted by atomic mass is 10.1. The standard InChI is InChI=1S/C17H10F4N2O/c18-14-6-4-11(5-7-14)8-12(10-22)16(24)23-15-3-1-2-13(9-15)17(19,20)21/h1-9H,(H,23,24)/b12-8+. The Morgan fingerprint density at radius 2 is 1.79 bits per heavy atom. The maximum atomic E-state index is 12.8. The third-order valence-corrected chi connectivity index (χ3v) is 2.99. The molecule has 2 aromatic rings. The second-order valence-corrected chi connectivity index (χ2v) is 4.75. The first-order chi connectivity index (χ1) is 11.3. The van der Waals surface area contributed by atoms with Crippen LogP contribution >= 0.6 is 0 Å². The fourth-order valence-electron chi connectivity index (χ4n) is 1.85. The molecule has 0 aliphatic rings. The van der Waals surface area contributed by atoms with Gasteiger partial charge in [-0.1, -0.05) is 18.2 Å². The quantitative estimate of drug-likeness (QED) is 0.514. The molecule has 0 aromatic heterocycles. The van der Waals surface area contributed by atoms with Crippen molar-refractivity contribution < 1.29 is 22.4 Å². The summed E-state index contributed by atoms with van der Waals surface area (Å²) in [6.07, 6.45) is -3.33. The van der Waals surface area contributed by atoms with Crippen LogP contribution < -0.4 is 5.32 Å². The van der Waals surface area contributed by atoms with Crippen molar-refractivity contribution in [1.82, 2.24) is 0 Å². The van der Waals surface area contributed by atoms with Gasteiger partial charge in [0, 0.05) is 5.69 Å². The Hall–Kier alpha value is -3.14. The highest BCUT2D eigenvalue weighted by molar-refractivity contribution is 6.09. The highest BCUT2D eigenvalue weighted by Crippen LogP contribution is 2.30. The van der Waals surface area contributed by atoms with E-state index < -0.39 is 23.5 Å². The lowest BCUT2D eigenvalue weighted by Gasteiger charge is -2.09. The number of hydrogen-bond donors (Lipinski definition) is 1. The van der Waals surface area contributed by atoms with Gasteiger partial charge in [-0.15, -0.1) is 0 Å². The summed E-state index contributed by atoms with van der Waals surface area (Å²) in [4.78, 5) is 12.0. The van der Waals surface area contributed by atoms with Crippen molar-refractivity contribution in [3.05, 3.63) is 71.0 Å². The van der Waals surface area contributed by atoms with E-state index >= 15 is 0 Å².